The normalized spacial score (nSPS) is 14.5. The van der Waals surface area contributed by atoms with E-state index in [4.69, 9.17) is 16.9 Å². The highest BCUT2D eigenvalue weighted by atomic mass is 35.5. The highest BCUT2D eigenvalue weighted by molar-refractivity contribution is 6.30. The minimum atomic E-state index is 0.338. The second kappa shape index (κ2) is 8.09. The van der Waals surface area contributed by atoms with Crippen LogP contribution in [-0.2, 0) is 6.54 Å². The van der Waals surface area contributed by atoms with Crippen molar-refractivity contribution in [2.24, 2.45) is 0 Å². The summed E-state index contributed by atoms with van der Waals surface area (Å²) >= 11 is 5.97. The number of rotatable bonds is 6. The Morgan fingerprint density at radius 2 is 1.88 bits per heavy atom. The van der Waals surface area contributed by atoms with E-state index in [1.807, 2.05) is 30.3 Å². The number of anilines is 1. The summed E-state index contributed by atoms with van der Waals surface area (Å²) < 4.78 is 0. The van der Waals surface area contributed by atoms with Crippen LogP contribution in [0, 0.1) is 11.3 Å². The van der Waals surface area contributed by atoms with E-state index < -0.39 is 0 Å². The Balaban J connectivity index is 1.73. The van der Waals surface area contributed by atoms with E-state index in [0.717, 1.165) is 30.5 Å². The zero-order valence-corrected chi connectivity index (χ0v) is 14.3. The van der Waals surface area contributed by atoms with Crippen molar-refractivity contribution in [2.45, 2.75) is 19.4 Å². The standard InChI is InChI=1S/C18H20ClN5/c19-16-5-3-15(4-6-16)14-24(10-9-23-7-1-2-8-23)18-13-21-17(11-20)12-22-18/h3-6,12-13H,1-2,7-10,14H2. The molecule has 6 heteroatoms. The third-order valence-electron chi connectivity index (χ3n) is 4.25. The first-order valence-corrected chi connectivity index (χ1v) is 8.56. The molecule has 1 aromatic carbocycles. The minimum absolute atomic E-state index is 0.338. The van der Waals surface area contributed by atoms with Crippen LogP contribution in [0.5, 0.6) is 0 Å². The summed E-state index contributed by atoms with van der Waals surface area (Å²) in [7, 11) is 0. The first-order valence-electron chi connectivity index (χ1n) is 8.18. The number of likely N-dealkylation sites (tertiary alicyclic amines) is 1. The molecule has 3 rings (SSSR count). The smallest absolute Gasteiger partial charge is 0.158 e. The van der Waals surface area contributed by atoms with Crippen molar-refractivity contribution >= 4 is 17.4 Å². The molecule has 2 aromatic rings. The Morgan fingerprint density at radius 1 is 1.12 bits per heavy atom. The molecule has 1 fully saturated rings. The van der Waals surface area contributed by atoms with Gasteiger partial charge in [-0.2, -0.15) is 5.26 Å². The zero-order valence-electron chi connectivity index (χ0n) is 13.5. The van der Waals surface area contributed by atoms with Gasteiger partial charge < -0.3 is 9.80 Å². The molecule has 0 bridgehead atoms. The van der Waals surface area contributed by atoms with E-state index in [-0.39, 0.29) is 0 Å². The van der Waals surface area contributed by atoms with Crippen molar-refractivity contribution in [1.82, 2.24) is 14.9 Å². The molecule has 0 radical (unpaired) electrons. The van der Waals surface area contributed by atoms with Gasteiger partial charge in [-0.3, -0.25) is 0 Å². The third kappa shape index (κ3) is 4.44. The number of nitriles is 1. The Bertz CT molecular complexity index is 687. The fourth-order valence-corrected chi connectivity index (χ4v) is 3.02. The summed E-state index contributed by atoms with van der Waals surface area (Å²) in [5.41, 5.74) is 1.51. The Hall–Kier alpha value is -2.16. The monoisotopic (exact) mass is 341 g/mol. The fourth-order valence-electron chi connectivity index (χ4n) is 2.90. The van der Waals surface area contributed by atoms with E-state index in [0.29, 0.717) is 5.69 Å². The molecule has 0 saturated carbocycles. The average Bonchev–Trinajstić information content (AvgIpc) is 3.14. The van der Waals surface area contributed by atoms with Gasteiger partial charge in [0.15, 0.2) is 5.69 Å². The molecule has 0 aliphatic carbocycles. The maximum Gasteiger partial charge on any atom is 0.158 e. The van der Waals surface area contributed by atoms with E-state index in [2.05, 4.69) is 19.8 Å². The van der Waals surface area contributed by atoms with E-state index >= 15 is 0 Å². The maximum absolute atomic E-state index is 8.89. The molecule has 1 saturated heterocycles. The van der Waals surface area contributed by atoms with Crippen LogP contribution in [0.3, 0.4) is 0 Å². The van der Waals surface area contributed by atoms with Crippen molar-refractivity contribution in [3.8, 4) is 6.07 Å². The van der Waals surface area contributed by atoms with Crippen LogP contribution in [0.25, 0.3) is 0 Å². The second-order valence-corrected chi connectivity index (χ2v) is 6.40. The Labute approximate surface area is 147 Å². The van der Waals surface area contributed by atoms with Crippen LogP contribution in [0.15, 0.2) is 36.7 Å². The first kappa shape index (κ1) is 16.7. The van der Waals surface area contributed by atoms with Gasteiger partial charge in [0.05, 0.1) is 12.4 Å². The van der Waals surface area contributed by atoms with Gasteiger partial charge >= 0.3 is 0 Å². The quantitative estimate of drug-likeness (QED) is 0.808. The molecule has 1 aromatic heterocycles. The van der Waals surface area contributed by atoms with Crippen LogP contribution in [0.1, 0.15) is 24.1 Å². The van der Waals surface area contributed by atoms with Crippen LogP contribution in [0.2, 0.25) is 5.02 Å². The summed E-state index contributed by atoms with van der Waals surface area (Å²) in [6, 6.07) is 9.88. The predicted octanol–water partition coefficient (Wildman–Crippen LogP) is 3.10. The zero-order chi connectivity index (χ0) is 16.8. The lowest BCUT2D eigenvalue weighted by Gasteiger charge is -2.26. The van der Waals surface area contributed by atoms with Crippen molar-refractivity contribution in [3.63, 3.8) is 0 Å². The largest absolute Gasteiger partial charge is 0.350 e. The first-order chi connectivity index (χ1) is 11.7. The molecule has 0 amide bonds. The molecular formula is C18H20ClN5. The molecule has 0 N–H and O–H groups in total. The van der Waals surface area contributed by atoms with Gasteiger partial charge in [0, 0.05) is 24.7 Å². The second-order valence-electron chi connectivity index (χ2n) is 5.97. The highest BCUT2D eigenvalue weighted by Gasteiger charge is 2.15. The average molecular weight is 342 g/mol. The number of hydrogen-bond donors (Lipinski definition) is 0. The van der Waals surface area contributed by atoms with Gasteiger partial charge in [-0.25, -0.2) is 9.97 Å². The molecule has 124 valence electrons. The minimum Gasteiger partial charge on any atom is -0.350 e. The highest BCUT2D eigenvalue weighted by Crippen LogP contribution is 2.17. The van der Waals surface area contributed by atoms with Gasteiger partial charge in [0.25, 0.3) is 0 Å². The van der Waals surface area contributed by atoms with Crippen LogP contribution in [0.4, 0.5) is 5.82 Å². The molecule has 1 aliphatic heterocycles. The molecule has 0 spiro atoms. The van der Waals surface area contributed by atoms with E-state index in [1.54, 1.807) is 6.20 Å². The van der Waals surface area contributed by atoms with Crippen molar-refractivity contribution < 1.29 is 0 Å². The SMILES string of the molecule is N#Cc1cnc(N(CCN2CCCC2)Cc2ccc(Cl)cc2)cn1. The summed E-state index contributed by atoms with van der Waals surface area (Å²) in [5, 5.41) is 9.63. The van der Waals surface area contributed by atoms with Crippen molar-refractivity contribution in [3.05, 3.63) is 52.9 Å². The fraction of sp³-hybridized carbons (Fsp3) is 0.389. The summed E-state index contributed by atoms with van der Waals surface area (Å²) in [6.07, 6.45) is 5.78. The number of halogens is 1. The van der Waals surface area contributed by atoms with Gasteiger partial charge in [-0.05, 0) is 43.6 Å². The maximum atomic E-state index is 8.89. The van der Waals surface area contributed by atoms with Crippen molar-refractivity contribution in [2.75, 3.05) is 31.1 Å². The van der Waals surface area contributed by atoms with Crippen LogP contribution in [-0.4, -0.2) is 41.0 Å². The molecule has 1 aliphatic rings. The van der Waals surface area contributed by atoms with E-state index in [9.17, 15) is 0 Å². The van der Waals surface area contributed by atoms with Gasteiger partial charge in [0.2, 0.25) is 0 Å². The third-order valence-corrected chi connectivity index (χ3v) is 4.50. The van der Waals surface area contributed by atoms with Crippen LogP contribution >= 0.6 is 11.6 Å². The molecule has 2 heterocycles. The number of hydrogen-bond acceptors (Lipinski definition) is 5. The van der Waals surface area contributed by atoms with Crippen molar-refractivity contribution in [1.29, 1.82) is 5.26 Å². The summed E-state index contributed by atoms with van der Waals surface area (Å²) in [6.45, 7) is 4.98. The lowest BCUT2D eigenvalue weighted by atomic mass is 10.2. The molecule has 0 unspecified atom stereocenters. The molecule has 24 heavy (non-hydrogen) atoms. The lowest BCUT2D eigenvalue weighted by Crippen LogP contribution is -2.34. The topological polar surface area (TPSA) is 56.1 Å². The number of nitrogens with zero attached hydrogens (tertiary/aromatic N) is 5. The van der Waals surface area contributed by atoms with E-state index in [1.165, 1.54) is 37.7 Å². The predicted molar refractivity (Wildman–Crippen MR) is 94.9 cm³/mol. The van der Waals surface area contributed by atoms with Gasteiger partial charge in [-0.1, -0.05) is 23.7 Å². The lowest BCUT2D eigenvalue weighted by molar-refractivity contribution is 0.344. The number of benzene rings is 1. The molecule has 0 atom stereocenters. The Kier molecular flexibility index (Phi) is 5.63. The van der Waals surface area contributed by atoms with Crippen LogP contribution < -0.4 is 4.90 Å². The Morgan fingerprint density at radius 3 is 2.50 bits per heavy atom. The molecule has 5 nitrogen and oxygen atoms in total. The number of aromatic nitrogens is 2. The van der Waals surface area contributed by atoms with Gasteiger partial charge in [0.1, 0.15) is 11.9 Å². The summed E-state index contributed by atoms with van der Waals surface area (Å²) in [4.78, 5) is 13.2. The molecular weight excluding hydrogens is 322 g/mol. The van der Waals surface area contributed by atoms with Gasteiger partial charge in [-0.15, -0.1) is 0 Å². The summed E-state index contributed by atoms with van der Waals surface area (Å²) in [5.74, 6) is 0.795.